The Balaban J connectivity index is 0.000000168. The van der Waals surface area contributed by atoms with Crippen LogP contribution in [0.4, 0.5) is 5.95 Å². The Morgan fingerprint density at radius 3 is 2.48 bits per heavy atom. The normalized spacial score (nSPS) is 17.7. The first-order chi connectivity index (χ1) is 14.2. The van der Waals surface area contributed by atoms with E-state index in [-0.39, 0.29) is 5.95 Å². The number of aromatic amines is 1. The third-order valence-corrected chi connectivity index (χ3v) is 5.96. The Morgan fingerprint density at radius 1 is 0.966 bits per heavy atom. The van der Waals surface area contributed by atoms with Crippen molar-refractivity contribution in [2.75, 3.05) is 12.3 Å². The van der Waals surface area contributed by atoms with Crippen LogP contribution in [0.3, 0.4) is 0 Å². The summed E-state index contributed by atoms with van der Waals surface area (Å²) in [6.07, 6.45) is 15.3. The summed E-state index contributed by atoms with van der Waals surface area (Å²) < 4.78 is 5.56. The first-order valence-electron chi connectivity index (χ1n) is 10.2. The Labute approximate surface area is 168 Å². The molecule has 0 unspecified atom stereocenters. The van der Waals surface area contributed by atoms with E-state index in [1.807, 2.05) is 24.4 Å². The number of nitrogens with zero attached hydrogens (tertiary/aromatic N) is 4. The zero-order valence-corrected chi connectivity index (χ0v) is 16.3. The lowest BCUT2D eigenvalue weighted by Crippen LogP contribution is -2.44. The number of hydrogen-bond acceptors (Lipinski definition) is 6. The summed E-state index contributed by atoms with van der Waals surface area (Å²) >= 11 is 0. The van der Waals surface area contributed by atoms with Gasteiger partial charge >= 0.3 is 0 Å². The SMILES string of the molecule is C1CCC2(CC1)CCO2.Nc1ncc2c(-c3ccc4nccnc4c3)c[nH]c2n1. The fourth-order valence-corrected chi connectivity index (χ4v) is 4.27. The Kier molecular flexibility index (Phi) is 4.60. The van der Waals surface area contributed by atoms with Crippen LogP contribution in [0.5, 0.6) is 0 Å². The van der Waals surface area contributed by atoms with E-state index < -0.39 is 0 Å². The maximum Gasteiger partial charge on any atom is 0.221 e. The van der Waals surface area contributed by atoms with Gasteiger partial charge in [-0.05, 0) is 37.0 Å². The molecule has 0 radical (unpaired) electrons. The van der Waals surface area contributed by atoms with Crippen molar-refractivity contribution in [3.05, 3.63) is 43.0 Å². The smallest absolute Gasteiger partial charge is 0.221 e. The summed E-state index contributed by atoms with van der Waals surface area (Å²) in [6.45, 7) is 1.03. The summed E-state index contributed by atoms with van der Waals surface area (Å²) in [5.41, 5.74) is 10.5. The Morgan fingerprint density at radius 2 is 1.76 bits per heavy atom. The van der Waals surface area contributed by atoms with E-state index in [2.05, 4.69) is 24.9 Å². The fraction of sp³-hybridized carbons (Fsp3) is 0.364. The van der Waals surface area contributed by atoms with Crippen molar-refractivity contribution < 1.29 is 4.74 Å². The van der Waals surface area contributed by atoms with Crippen LogP contribution >= 0.6 is 0 Å². The van der Waals surface area contributed by atoms with E-state index in [9.17, 15) is 0 Å². The van der Waals surface area contributed by atoms with Crippen LogP contribution in [-0.2, 0) is 4.74 Å². The lowest BCUT2D eigenvalue weighted by molar-refractivity contribution is -0.164. The van der Waals surface area contributed by atoms with Gasteiger partial charge in [0.1, 0.15) is 5.65 Å². The highest BCUT2D eigenvalue weighted by Crippen LogP contribution is 2.40. The molecule has 6 rings (SSSR count). The van der Waals surface area contributed by atoms with Gasteiger partial charge in [0.2, 0.25) is 5.95 Å². The number of fused-ring (bicyclic) bond motifs is 2. The van der Waals surface area contributed by atoms with E-state index in [0.29, 0.717) is 5.60 Å². The molecule has 7 nitrogen and oxygen atoms in total. The number of ether oxygens (including phenoxy) is 1. The van der Waals surface area contributed by atoms with Crippen molar-refractivity contribution in [1.29, 1.82) is 0 Å². The molecule has 1 saturated carbocycles. The van der Waals surface area contributed by atoms with Gasteiger partial charge < -0.3 is 15.5 Å². The summed E-state index contributed by atoms with van der Waals surface area (Å²) in [5.74, 6) is 0.260. The first-order valence-corrected chi connectivity index (χ1v) is 10.2. The topological polar surface area (TPSA) is 103 Å². The maximum atomic E-state index is 5.59. The molecule has 1 aromatic carbocycles. The van der Waals surface area contributed by atoms with E-state index in [1.54, 1.807) is 18.6 Å². The van der Waals surface area contributed by atoms with Gasteiger partial charge in [0.25, 0.3) is 0 Å². The van der Waals surface area contributed by atoms with E-state index in [0.717, 1.165) is 39.8 Å². The molecule has 4 heterocycles. The van der Waals surface area contributed by atoms with E-state index >= 15 is 0 Å². The van der Waals surface area contributed by atoms with Gasteiger partial charge in [-0.2, -0.15) is 4.98 Å². The molecule has 2 fully saturated rings. The van der Waals surface area contributed by atoms with Crippen LogP contribution in [0.15, 0.2) is 43.0 Å². The molecular formula is C22H24N6O. The lowest BCUT2D eigenvalue weighted by Gasteiger charge is -2.44. The average Bonchev–Trinajstić information content (AvgIpc) is 3.16. The van der Waals surface area contributed by atoms with Gasteiger partial charge in [-0.15, -0.1) is 0 Å². The minimum Gasteiger partial charge on any atom is -0.375 e. The summed E-state index contributed by atoms with van der Waals surface area (Å²) in [6, 6.07) is 5.96. The number of benzene rings is 1. The van der Waals surface area contributed by atoms with Crippen molar-refractivity contribution in [1.82, 2.24) is 24.9 Å². The molecule has 148 valence electrons. The van der Waals surface area contributed by atoms with Crippen molar-refractivity contribution in [2.45, 2.75) is 44.1 Å². The maximum absolute atomic E-state index is 5.59. The van der Waals surface area contributed by atoms with Gasteiger partial charge in [-0.3, -0.25) is 9.97 Å². The highest BCUT2D eigenvalue weighted by Gasteiger charge is 2.38. The molecule has 3 aromatic heterocycles. The molecule has 7 heteroatoms. The number of aromatic nitrogens is 5. The van der Waals surface area contributed by atoms with Crippen molar-refractivity contribution >= 4 is 28.0 Å². The van der Waals surface area contributed by atoms with Crippen LogP contribution < -0.4 is 5.73 Å². The van der Waals surface area contributed by atoms with Crippen molar-refractivity contribution in [2.24, 2.45) is 0 Å². The standard InChI is InChI=1S/C14H10N6.C8H14O/c15-14-19-7-10-9(6-18-13(10)20-14)8-1-2-11-12(5-8)17-4-3-16-11;1-2-4-8(5-3-1)6-7-9-8/h1-7H,(H3,15,18,19,20);1-7H2. The molecule has 1 aliphatic heterocycles. The third-order valence-electron chi connectivity index (χ3n) is 5.96. The van der Waals surface area contributed by atoms with Crippen LogP contribution in [0.2, 0.25) is 0 Å². The number of anilines is 1. The molecule has 1 aliphatic carbocycles. The van der Waals surface area contributed by atoms with Gasteiger partial charge in [0.15, 0.2) is 0 Å². The number of rotatable bonds is 1. The number of H-pyrrole nitrogens is 1. The van der Waals surface area contributed by atoms with Crippen LogP contribution in [-0.4, -0.2) is 37.1 Å². The highest BCUT2D eigenvalue weighted by molar-refractivity contribution is 5.95. The zero-order valence-electron chi connectivity index (χ0n) is 16.3. The molecular weight excluding hydrogens is 364 g/mol. The molecule has 1 saturated heterocycles. The first kappa shape index (κ1) is 18.0. The van der Waals surface area contributed by atoms with Crippen LogP contribution in [0.25, 0.3) is 33.2 Å². The number of hydrogen-bond donors (Lipinski definition) is 2. The van der Waals surface area contributed by atoms with E-state index in [1.165, 1.54) is 38.5 Å². The second-order valence-electron chi connectivity index (χ2n) is 7.79. The Hall–Kier alpha value is -3.06. The van der Waals surface area contributed by atoms with Gasteiger partial charge in [-0.25, -0.2) is 4.98 Å². The molecule has 0 amide bonds. The molecule has 1 spiro atoms. The molecule has 2 aliphatic rings. The quantitative estimate of drug-likeness (QED) is 0.505. The summed E-state index contributed by atoms with van der Waals surface area (Å²) in [5, 5.41) is 0.933. The number of nitrogen functional groups attached to an aromatic ring is 1. The third kappa shape index (κ3) is 3.53. The minimum absolute atomic E-state index is 0.260. The molecule has 0 atom stereocenters. The van der Waals surface area contributed by atoms with Gasteiger partial charge in [0, 0.05) is 35.7 Å². The summed E-state index contributed by atoms with van der Waals surface area (Å²) in [7, 11) is 0. The largest absolute Gasteiger partial charge is 0.375 e. The molecule has 4 aromatic rings. The second kappa shape index (κ2) is 7.40. The fourth-order valence-electron chi connectivity index (χ4n) is 4.27. The van der Waals surface area contributed by atoms with Crippen molar-refractivity contribution in [3.8, 4) is 11.1 Å². The van der Waals surface area contributed by atoms with Gasteiger partial charge in [-0.1, -0.05) is 25.3 Å². The monoisotopic (exact) mass is 388 g/mol. The predicted molar refractivity (Wildman–Crippen MR) is 113 cm³/mol. The zero-order chi connectivity index (χ0) is 19.7. The van der Waals surface area contributed by atoms with Gasteiger partial charge in [0.05, 0.1) is 23.2 Å². The second-order valence-corrected chi connectivity index (χ2v) is 7.79. The summed E-state index contributed by atoms with van der Waals surface area (Å²) in [4.78, 5) is 19.9. The van der Waals surface area contributed by atoms with Crippen LogP contribution in [0.1, 0.15) is 38.5 Å². The minimum atomic E-state index is 0.260. The van der Waals surface area contributed by atoms with Crippen molar-refractivity contribution in [3.63, 3.8) is 0 Å². The average molecular weight is 388 g/mol. The molecule has 0 bridgehead atoms. The number of nitrogens with one attached hydrogen (secondary N) is 1. The molecule has 3 N–H and O–H groups in total. The van der Waals surface area contributed by atoms with Crippen LogP contribution in [0, 0.1) is 0 Å². The number of nitrogens with two attached hydrogens (primary N) is 1. The lowest BCUT2D eigenvalue weighted by atomic mass is 9.79. The highest BCUT2D eigenvalue weighted by atomic mass is 16.5. The predicted octanol–water partition coefficient (Wildman–Crippen LogP) is 4.26. The Bertz CT molecular complexity index is 1140. The van der Waals surface area contributed by atoms with E-state index in [4.69, 9.17) is 10.5 Å². The molecule has 29 heavy (non-hydrogen) atoms.